The van der Waals surface area contributed by atoms with Crippen molar-refractivity contribution in [3.05, 3.63) is 34.0 Å². The van der Waals surface area contributed by atoms with Gasteiger partial charge in [-0.15, -0.1) is 0 Å². The van der Waals surface area contributed by atoms with Crippen LogP contribution in [0.25, 0.3) is 5.57 Å². The maximum Gasteiger partial charge on any atom is 0.411 e. The molecule has 25 heavy (non-hydrogen) atoms. The molecule has 8 heteroatoms. The van der Waals surface area contributed by atoms with Crippen LogP contribution in [-0.4, -0.2) is 38.6 Å². The summed E-state index contributed by atoms with van der Waals surface area (Å²) in [6, 6.07) is 3.00. The number of pyridine rings is 1. The topological polar surface area (TPSA) is 112 Å². The summed E-state index contributed by atoms with van der Waals surface area (Å²) in [4.78, 5) is 28.7. The molecule has 2 aliphatic rings. The summed E-state index contributed by atoms with van der Waals surface area (Å²) < 4.78 is 5.51. The van der Waals surface area contributed by atoms with Crippen molar-refractivity contribution in [3.8, 4) is 0 Å². The molecule has 0 spiro atoms. The molecule has 0 radical (unpaired) electrons. The van der Waals surface area contributed by atoms with E-state index in [1.54, 1.807) is 11.0 Å². The summed E-state index contributed by atoms with van der Waals surface area (Å²) in [5.41, 5.74) is 6.56. The van der Waals surface area contributed by atoms with E-state index in [1.165, 1.54) is 6.07 Å². The zero-order valence-electron chi connectivity index (χ0n) is 14.6. The number of nitrogens with zero attached hydrogens (tertiary/aromatic N) is 3. The van der Waals surface area contributed by atoms with Gasteiger partial charge in [0, 0.05) is 12.1 Å². The Bertz CT molecular complexity index is 754. The summed E-state index contributed by atoms with van der Waals surface area (Å²) in [5.74, 6) is -0.0923. The first-order valence-electron chi connectivity index (χ1n) is 8.29. The fourth-order valence-electron chi connectivity index (χ4n) is 3.42. The van der Waals surface area contributed by atoms with Crippen molar-refractivity contribution in [3.63, 3.8) is 0 Å². The third kappa shape index (κ3) is 3.42. The zero-order chi connectivity index (χ0) is 18.4. The van der Waals surface area contributed by atoms with Crippen LogP contribution in [0.3, 0.4) is 0 Å². The van der Waals surface area contributed by atoms with E-state index >= 15 is 0 Å². The van der Waals surface area contributed by atoms with Crippen LogP contribution in [0.4, 0.5) is 16.3 Å². The summed E-state index contributed by atoms with van der Waals surface area (Å²) in [5, 5.41) is 10.9. The van der Waals surface area contributed by atoms with Crippen molar-refractivity contribution in [2.24, 2.45) is 0 Å². The molecule has 3 heterocycles. The minimum atomic E-state index is -0.546. The minimum Gasteiger partial charge on any atom is -0.444 e. The van der Waals surface area contributed by atoms with Crippen LogP contribution in [0.1, 0.15) is 45.7 Å². The fraction of sp³-hybridized carbons (Fsp3) is 0.529. The van der Waals surface area contributed by atoms with Crippen LogP contribution in [-0.2, 0) is 4.74 Å². The second-order valence-corrected chi connectivity index (χ2v) is 7.44. The van der Waals surface area contributed by atoms with Crippen LogP contribution in [0.5, 0.6) is 0 Å². The molecule has 1 amide bonds. The van der Waals surface area contributed by atoms with Gasteiger partial charge >= 0.3 is 11.8 Å². The largest absolute Gasteiger partial charge is 0.444 e. The quantitative estimate of drug-likeness (QED) is 0.650. The smallest absolute Gasteiger partial charge is 0.411 e. The SMILES string of the molecule is CC(C)(C)OC(=O)N1C2C=C(c3ccc([N+](=O)[O-])c(N)n3)CC1CC2. The Morgan fingerprint density at radius 2 is 2.12 bits per heavy atom. The van der Waals surface area contributed by atoms with Gasteiger partial charge < -0.3 is 10.5 Å². The van der Waals surface area contributed by atoms with Crippen molar-refractivity contribution >= 4 is 23.2 Å². The third-order valence-electron chi connectivity index (χ3n) is 4.43. The number of nitrogen functional groups attached to an aromatic ring is 1. The molecule has 0 aromatic carbocycles. The van der Waals surface area contributed by atoms with Crippen molar-refractivity contribution in [2.45, 2.75) is 57.7 Å². The number of hydrogen-bond donors (Lipinski definition) is 1. The predicted molar refractivity (Wildman–Crippen MR) is 92.8 cm³/mol. The molecule has 134 valence electrons. The van der Waals surface area contributed by atoms with Gasteiger partial charge in [-0.1, -0.05) is 6.08 Å². The zero-order valence-corrected chi connectivity index (χ0v) is 14.6. The molecule has 3 rings (SSSR count). The van der Waals surface area contributed by atoms with Crippen molar-refractivity contribution in [2.75, 3.05) is 5.73 Å². The lowest BCUT2D eigenvalue weighted by molar-refractivity contribution is -0.384. The lowest BCUT2D eigenvalue weighted by Crippen LogP contribution is -2.45. The first-order valence-corrected chi connectivity index (χ1v) is 8.29. The standard InChI is InChI=1S/C17H22N4O4/c1-17(2,3)25-16(22)20-11-4-5-12(20)9-10(8-11)13-6-7-14(21(23)24)15(18)19-13/h6-8,11-12H,4-5,9H2,1-3H3,(H2,18,19). The Kier molecular flexibility index (Phi) is 4.14. The number of aromatic nitrogens is 1. The van der Waals surface area contributed by atoms with E-state index in [0.29, 0.717) is 12.1 Å². The lowest BCUT2D eigenvalue weighted by atomic mass is 9.98. The number of carbonyl (C=O) groups is 1. The van der Waals surface area contributed by atoms with Crippen LogP contribution in [0.2, 0.25) is 0 Å². The van der Waals surface area contributed by atoms with Gasteiger partial charge in [0.05, 0.1) is 16.7 Å². The highest BCUT2D eigenvalue weighted by Crippen LogP contribution is 2.39. The van der Waals surface area contributed by atoms with E-state index < -0.39 is 10.5 Å². The van der Waals surface area contributed by atoms with Crippen LogP contribution < -0.4 is 5.73 Å². The number of carbonyl (C=O) groups excluding carboxylic acids is 1. The lowest BCUT2D eigenvalue weighted by Gasteiger charge is -2.35. The van der Waals surface area contributed by atoms with Crippen LogP contribution >= 0.6 is 0 Å². The second kappa shape index (κ2) is 6.02. The molecule has 2 aliphatic heterocycles. The predicted octanol–water partition coefficient (Wildman–Crippen LogP) is 3.13. The third-order valence-corrected chi connectivity index (χ3v) is 4.43. The van der Waals surface area contributed by atoms with Gasteiger partial charge in [-0.2, -0.15) is 0 Å². The van der Waals surface area contributed by atoms with Gasteiger partial charge in [-0.25, -0.2) is 9.78 Å². The number of ether oxygens (including phenoxy) is 1. The molecule has 0 saturated carbocycles. The number of nitro groups is 1. The number of amides is 1. The van der Waals surface area contributed by atoms with E-state index in [0.717, 1.165) is 18.4 Å². The molecule has 2 atom stereocenters. The molecule has 8 nitrogen and oxygen atoms in total. The first-order chi connectivity index (χ1) is 11.7. The highest BCUT2D eigenvalue weighted by molar-refractivity contribution is 5.75. The molecule has 1 aromatic rings. The van der Waals surface area contributed by atoms with E-state index in [4.69, 9.17) is 10.5 Å². The van der Waals surface area contributed by atoms with Crippen molar-refractivity contribution in [1.82, 2.24) is 9.88 Å². The molecule has 2 unspecified atom stereocenters. The number of fused-ring (bicyclic) bond motifs is 2. The monoisotopic (exact) mass is 346 g/mol. The normalized spacial score (nSPS) is 22.5. The maximum atomic E-state index is 12.5. The molecule has 1 aromatic heterocycles. The van der Waals surface area contributed by atoms with E-state index in [1.807, 2.05) is 26.8 Å². The molecular weight excluding hydrogens is 324 g/mol. The Balaban J connectivity index is 1.83. The van der Waals surface area contributed by atoms with Gasteiger partial charge in [0.15, 0.2) is 0 Å². The Morgan fingerprint density at radius 1 is 1.40 bits per heavy atom. The van der Waals surface area contributed by atoms with Gasteiger partial charge in [-0.05, 0) is 51.7 Å². The minimum absolute atomic E-state index is 0.0400. The molecule has 1 saturated heterocycles. The fourth-order valence-corrected chi connectivity index (χ4v) is 3.42. The molecule has 1 fully saturated rings. The number of anilines is 1. The van der Waals surface area contributed by atoms with E-state index in [9.17, 15) is 14.9 Å². The Labute approximate surface area is 145 Å². The van der Waals surface area contributed by atoms with E-state index in [2.05, 4.69) is 4.98 Å². The molecule has 2 bridgehead atoms. The molecule has 2 N–H and O–H groups in total. The second-order valence-electron chi connectivity index (χ2n) is 7.44. The number of nitrogens with two attached hydrogens (primary N) is 1. The van der Waals surface area contributed by atoms with Gasteiger partial charge in [0.25, 0.3) is 0 Å². The average molecular weight is 346 g/mol. The first kappa shape index (κ1) is 17.2. The average Bonchev–Trinajstić information content (AvgIpc) is 2.75. The van der Waals surface area contributed by atoms with Crippen LogP contribution in [0, 0.1) is 10.1 Å². The van der Waals surface area contributed by atoms with Gasteiger partial charge in [0.2, 0.25) is 5.82 Å². The number of hydrogen-bond acceptors (Lipinski definition) is 6. The van der Waals surface area contributed by atoms with Crippen molar-refractivity contribution in [1.29, 1.82) is 0 Å². The summed E-state index contributed by atoms with van der Waals surface area (Å²) in [6.45, 7) is 5.55. The van der Waals surface area contributed by atoms with Gasteiger partial charge in [0.1, 0.15) is 5.60 Å². The van der Waals surface area contributed by atoms with E-state index in [-0.39, 0.29) is 29.7 Å². The highest BCUT2D eigenvalue weighted by Gasteiger charge is 2.41. The van der Waals surface area contributed by atoms with Crippen molar-refractivity contribution < 1.29 is 14.5 Å². The summed E-state index contributed by atoms with van der Waals surface area (Å²) >= 11 is 0. The number of rotatable bonds is 2. The van der Waals surface area contributed by atoms with Crippen LogP contribution in [0.15, 0.2) is 18.2 Å². The molecule has 0 aliphatic carbocycles. The summed E-state index contributed by atoms with van der Waals surface area (Å²) in [6.07, 6.45) is 4.11. The summed E-state index contributed by atoms with van der Waals surface area (Å²) in [7, 11) is 0. The molecular formula is C17H22N4O4. The Hall–Kier alpha value is -2.64. The highest BCUT2D eigenvalue weighted by atomic mass is 16.6. The van der Waals surface area contributed by atoms with Gasteiger partial charge in [-0.3, -0.25) is 15.0 Å². The maximum absolute atomic E-state index is 12.5. The Morgan fingerprint density at radius 3 is 2.68 bits per heavy atom.